The molecule has 1 aromatic rings. The van der Waals surface area contributed by atoms with Crippen LogP contribution in [0.1, 0.15) is 6.42 Å². The number of nitrogens with zero attached hydrogens (tertiary/aromatic N) is 1. The lowest BCUT2D eigenvalue weighted by Gasteiger charge is -2.36. The minimum absolute atomic E-state index is 0.0263. The Bertz CT molecular complexity index is 496. The molecule has 1 aromatic heterocycles. The Morgan fingerprint density at radius 2 is 2.32 bits per heavy atom. The van der Waals surface area contributed by atoms with E-state index < -0.39 is 42.7 Å². The molecule has 106 valence electrons. The lowest BCUT2D eigenvalue weighted by Crippen LogP contribution is -2.52. The first-order valence-electron chi connectivity index (χ1n) is 5.65. The molecule has 4 atom stereocenters. The minimum Gasteiger partial charge on any atom is -0.394 e. The van der Waals surface area contributed by atoms with Gasteiger partial charge in [0, 0.05) is 6.42 Å². The Balaban J connectivity index is 2.10. The molecule has 1 aliphatic heterocycles. The topological polar surface area (TPSA) is 128 Å². The molecular weight excluding hydrogens is 261 g/mol. The summed E-state index contributed by atoms with van der Waals surface area (Å²) in [6.45, 7) is -0.494. The minimum atomic E-state index is -1.22. The summed E-state index contributed by atoms with van der Waals surface area (Å²) in [6, 6.07) is 0. The highest BCUT2D eigenvalue weighted by Crippen LogP contribution is 2.21. The third-order valence-electron chi connectivity index (χ3n) is 2.82. The van der Waals surface area contributed by atoms with E-state index in [1.807, 2.05) is 0 Å². The number of halogens is 1. The lowest BCUT2D eigenvalue weighted by atomic mass is 10.0. The van der Waals surface area contributed by atoms with E-state index in [-0.39, 0.29) is 12.2 Å². The van der Waals surface area contributed by atoms with E-state index in [0.29, 0.717) is 0 Å². The van der Waals surface area contributed by atoms with Crippen molar-refractivity contribution >= 4 is 5.82 Å². The van der Waals surface area contributed by atoms with Gasteiger partial charge in [-0.3, -0.25) is 4.98 Å². The highest BCUT2D eigenvalue weighted by Gasteiger charge is 2.36. The van der Waals surface area contributed by atoms with Gasteiger partial charge in [-0.15, -0.1) is 0 Å². The van der Waals surface area contributed by atoms with E-state index in [4.69, 9.17) is 9.84 Å². The van der Waals surface area contributed by atoms with Crippen molar-refractivity contribution in [3.8, 4) is 0 Å². The van der Waals surface area contributed by atoms with Crippen molar-refractivity contribution < 1.29 is 24.4 Å². The fraction of sp³-hybridized carbons (Fsp3) is 0.600. The number of nitrogens with one attached hydrogen (secondary N) is 2. The van der Waals surface area contributed by atoms with Gasteiger partial charge in [-0.05, 0) is 0 Å². The quantitative estimate of drug-likeness (QED) is 0.438. The largest absolute Gasteiger partial charge is 0.394 e. The van der Waals surface area contributed by atoms with Gasteiger partial charge in [-0.1, -0.05) is 0 Å². The van der Waals surface area contributed by atoms with E-state index >= 15 is 0 Å². The van der Waals surface area contributed by atoms with Gasteiger partial charge in [0.25, 0.3) is 0 Å². The van der Waals surface area contributed by atoms with Gasteiger partial charge >= 0.3 is 5.69 Å². The Morgan fingerprint density at radius 1 is 1.58 bits per heavy atom. The highest BCUT2D eigenvalue weighted by atomic mass is 19.1. The normalized spacial score (nSPS) is 31.2. The van der Waals surface area contributed by atoms with Gasteiger partial charge in [-0.25, -0.2) is 9.18 Å². The number of anilines is 1. The van der Waals surface area contributed by atoms with Crippen LogP contribution in [0.15, 0.2) is 11.0 Å². The molecule has 0 aromatic carbocycles. The number of ether oxygens (including phenoxy) is 1. The smallest absolute Gasteiger partial charge is 0.346 e. The van der Waals surface area contributed by atoms with Crippen LogP contribution in [0.3, 0.4) is 0 Å². The summed E-state index contributed by atoms with van der Waals surface area (Å²) in [6.07, 6.45) is -3.47. The average molecular weight is 275 g/mol. The van der Waals surface area contributed by atoms with Crippen LogP contribution >= 0.6 is 0 Å². The van der Waals surface area contributed by atoms with Crippen molar-refractivity contribution in [3.63, 3.8) is 0 Å². The first-order chi connectivity index (χ1) is 9.01. The predicted octanol–water partition coefficient (Wildman–Crippen LogP) is -1.85. The number of aromatic amines is 1. The Kier molecular flexibility index (Phi) is 4.10. The molecule has 1 fully saturated rings. The van der Waals surface area contributed by atoms with Gasteiger partial charge in [-0.2, -0.15) is 4.98 Å². The molecule has 19 heavy (non-hydrogen) atoms. The number of aliphatic hydroxyl groups excluding tert-OH is 3. The lowest BCUT2D eigenvalue weighted by molar-refractivity contribution is -0.172. The first-order valence-corrected chi connectivity index (χ1v) is 5.65. The molecule has 0 unspecified atom stereocenters. The summed E-state index contributed by atoms with van der Waals surface area (Å²) in [5, 5.41) is 30.6. The molecule has 8 nitrogen and oxygen atoms in total. The van der Waals surface area contributed by atoms with E-state index in [1.54, 1.807) is 0 Å². The number of H-pyrrole nitrogens is 1. The monoisotopic (exact) mass is 275 g/mol. The molecular formula is C10H14FN3O5. The molecule has 9 heteroatoms. The molecule has 0 amide bonds. The zero-order chi connectivity index (χ0) is 14.0. The van der Waals surface area contributed by atoms with Crippen LogP contribution in [0, 0.1) is 5.82 Å². The average Bonchev–Trinajstić information content (AvgIpc) is 2.38. The van der Waals surface area contributed by atoms with Crippen molar-refractivity contribution in [1.82, 2.24) is 9.97 Å². The van der Waals surface area contributed by atoms with Crippen molar-refractivity contribution in [2.24, 2.45) is 0 Å². The van der Waals surface area contributed by atoms with E-state index in [0.717, 1.165) is 6.20 Å². The van der Waals surface area contributed by atoms with Gasteiger partial charge in [0.2, 0.25) is 0 Å². The van der Waals surface area contributed by atoms with E-state index in [9.17, 15) is 19.4 Å². The summed E-state index contributed by atoms with van der Waals surface area (Å²) in [5.74, 6) is -1.02. The number of aromatic nitrogens is 2. The zero-order valence-electron chi connectivity index (χ0n) is 9.78. The summed E-state index contributed by atoms with van der Waals surface area (Å²) in [4.78, 5) is 16.3. The second-order valence-electron chi connectivity index (χ2n) is 4.20. The third kappa shape index (κ3) is 3.07. The maximum absolute atomic E-state index is 13.4. The molecule has 0 spiro atoms. The van der Waals surface area contributed by atoms with Crippen LogP contribution in [0.2, 0.25) is 0 Å². The van der Waals surface area contributed by atoms with Crippen LogP contribution < -0.4 is 11.0 Å². The summed E-state index contributed by atoms with van der Waals surface area (Å²) < 4.78 is 18.6. The molecule has 5 N–H and O–H groups in total. The van der Waals surface area contributed by atoms with Gasteiger partial charge < -0.3 is 25.4 Å². The van der Waals surface area contributed by atoms with Crippen molar-refractivity contribution in [1.29, 1.82) is 0 Å². The van der Waals surface area contributed by atoms with Crippen LogP contribution in [-0.4, -0.2) is 56.4 Å². The van der Waals surface area contributed by atoms with Crippen LogP contribution in [-0.2, 0) is 4.74 Å². The predicted molar refractivity (Wildman–Crippen MR) is 60.8 cm³/mol. The molecule has 0 radical (unpaired) electrons. The number of hydrogen-bond donors (Lipinski definition) is 5. The number of aliphatic hydroxyl groups is 3. The SMILES string of the molecule is O=c1ncc(F)c(N[C@H]2C[C@@H](O)[C@@H](O)[C@@H](CO)O2)[nH]1. The van der Waals surface area contributed by atoms with Crippen molar-refractivity contribution in [3.05, 3.63) is 22.5 Å². The molecule has 1 aliphatic rings. The Labute approximate surface area is 106 Å². The second kappa shape index (κ2) is 5.61. The molecule has 1 saturated heterocycles. The standard InChI is InChI=1S/C10H14FN3O5/c11-4-2-12-10(18)14-9(4)13-7-1-5(16)8(17)6(3-15)19-7/h2,5-8,15-17H,1,3H2,(H2,12,13,14,18)/t5-,6-,7-,8-/m1/s1. The van der Waals surface area contributed by atoms with Crippen molar-refractivity contribution in [2.45, 2.75) is 31.0 Å². The zero-order valence-corrected chi connectivity index (χ0v) is 9.78. The first kappa shape index (κ1) is 13.9. The molecule has 0 bridgehead atoms. The maximum Gasteiger partial charge on any atom is 0.346 e. The van der Waals surface area contributed by atoms with Crippen LogP contribution in [0.4, 0.5) is 10.2 Å². The molecule has 0 saturated carbocycles. The Morgan fingerprint density at radius 3 is 3.00 bits per heavy atom. The number of hydrogen-bond acceptors (Lipinski definition) is 7. The second-order valence-corrected chi connectivity index (χ2v) is 4.20. The van der Waals surface area contributed by atoms with E-state index in [2.05, 4.69) is 15.3 Å². The van der Waals surface area contributed by atoms with Crippen LogP contribution in [0.25, 0.3) is 0 Å². The fourth-order valence-corrected chi connectivity index (χ4v) is 1.84. The molecule has 2 rings (SSSR count). The van der Waals surface area contributed by atoms with Gasteiger partial charge in [0.05, 0.1) is 18.9 Å². The fourth-order valence-electron chi connectivity index (χ4n) is 1.84. The van der Waals surface area contributed by atoms with Gasteiger partial charge in [0.15, 0.2) is 5.82 Å². The Hall–Kier alpha value is -1.55. The molecule has 2 heterocycles. The molecule has 0 aliphatic carbocycles. The van der Waals surface area contributed by atoms with Gasteiger partial charge in [0.1, 0.15) is 24.3 Å². The van der Waals surface area contributed by atoms with Crippen LogP contribution in [0.5, 0.6) is 0 Å². The maximum atomic E-state index is 13.4. The third-order valence-corrected chi connectivity index (χ3v) is 2.82. The summed E-state index contributed by atoms with van der Waals surface area (Å²) in [7, 11) is 0. The van der Waals surface area contributed by atoms with E-state index in [1.165, 1.54) is 0 Å². The summed E-state index contributed by atoms with van der Waals surface area (Å²) in [5.41, 5.74) is -0.737. The summed E-state index contributed by atoms with van der Waals surface area (Å²) >= 11 is 0. The highest BCUT2D eigenvalue weighted by molar-refractivity contribution is 5.34. The van der Waals surface area contributed by atoms with Crippen molar-refractivity contribution in [2.75, 3.05) is 11.9 Å². The number of rotatable bonds is 3.